The molecule has 1 aliphatic rings. The van der Waals surface area contributed by atoms with Crippen LogP contribution in [0.3, 0.4) is 0 Å². The predicted molar refractivity (Wildman–Crippen MR) is 83.7 cm³/mol. The average molecular weight is 309 g/mol. The molecular formula is C15H14Cl2N2O. The summed E-state index contributed by atoms with van der Waals surface area (Å²) in [6.45, 7) is 1.90. The van der Waals surface area contributed by atoms with Crippen molar-refractivity contribution in [3.63, 3.8) is 0 Å². The second-order valence-corrected chi connectivity index (χ2v) is 5.33. The quantitative estimate of drug-likeness (QED) is 0.871. The summed E-state index contributed by atoms with van der Waals surface area (Å²) in [7, 11) is 0. The molecule has 0 radical (unpaired) electrons. The van der Waals surface area contributed by atoms with Crippen LogP contribution in [0.5, 0.6) is 0 Å². The van der Waals surface area contributed by atoms with Gasteiger partial charge >= 0.3 is 0 Å². The highest BCUT2D eigenvalue weighted by Crippen LogP contribution is 2.22. The molecular weight excluding hydrogens is 295 g/mol. The summed E-state index contributed by atoms with van der Waals surface area (Å²) < 4.78 is 0. The van der Waals surface area contributed by atoms with Gasteiger partial charge in [-0.05, 0) is 37.1 Å². The zero-order chi connectivity index (χ0) is 14.7. The molecule has 0 spiro atoms. The molecule has 0 fully saturated rings. The monoisotopic (exact) mass is 308 g/mol. The van der Waals surface area contributed by atoms with Crippen LogP contribution >= 0.6 is 23.2 Å². The van der Waals surface area contributed by atoms with Gasteiger partial charge in [0.15, 0.2) is 0 Å². The summed E-state index contributed by atoms with van der Waals surface area (Å²) in [6, 6.07) is 5.36. The predicted octanol–water partition coefficient (Wildman–Crippen LogP) is 3.88. The molecule has 0 saturated carbocycles. The van der Waals surface area contributed by atoms with Gasteiger partial charge in [-0.3, -0.25) is 4.79 Å². The lowest BCUT2D eigenvalue weighted by Gasteiger charge is -2.10. The molecule has 1 aromatic carbocycles. The molecule has 0 saturated heterocycles. The molecule has 0 aliphatic heterocycles. The summed E-state index contributed by atoms with van der Waals surface area (Å²) in [5.74, 6) is -0.193. The van der Waals surface area contributed by atoms with E-state index in [0.717, 1.165) is 5.56 Å². The third-order valence-electron chi connectivity index (χ3n) is 2.99. The first kappa shape index (κ1) is 14.7. The second-order valence-electron chi connectivity index (χ2n) is 4.48. The lowest BCUT2D eigenvalue weighted by molar-refractivity contribution is -0.112. The third kappa shape index (κ3) is 3.44. The van der Waals surface area contributed by atoms with Crippen molar-refractivity contribution in [1.82, 2.24) is 0 Å². The third-order valence-corrected chi connectivity index (χ3v) is 3.57. The van der Waals surface area contributed by atoms with Gasteiger partial charge < -0.3 is 11.1 Å². The number of hydrogen-bond acceptors (Lipinski definition) is 2. The van der Waals surface area contributed by atoms with E-state index in [-0.39, 0.29) is 5.91 Å². The molecule has 2 rings (SSSR count). The van der Waals surface area contributed by atoms with Crippen LogP contribution in [0.2, 0.25) is 5.02 Å². The fraction of sp³-hybridized carbons (Fsp3) is 0.133. The number of rotatable bonds is 2. The lowest BCUT2D eigenvalue weighted by atomic mass is 10.1. The van der Waals surface area contributed by atoms with Crippen molar-refractivity contribution in [1.29, 1.82) is 0 Å². The zero-order valence-electron chi connectivity index (χ0n) is 10.9. The highest BCUT2D eigenvalue weighted by atomic mass is 35.5. The minimum Gasteiger partial charge on any atom is -0.398 e. The molecule has 3 nitrogen and oxygen atoms in total. The SMILES string of the molecule is Cc1ccc(Cl)cc1NC(=O)C1=CC=C(Cl)C(N)=CC1. The van der Waals surface area contributed by atoms with Crippen LogP contribution in [0.25, 0.3) is 0 Å². The van der Waals surface area contributed by atoms with Crippen LogP contribution in [0, 0.1) is 6.92 Å². The Kier molecular flexibility index (Phi) is 4.53. The van der Waals surface area contributed by atoms with Crippen LogP contribution in [0.4, 0.5) is 5.69 Å². The van der Waals surface area contributed by atoms with Crippen molar-refractivity contribution in [2.75, 3.05) is 5.32 Å². The van der Waals surface area contributed by atoms with Crippen molar-refractivity contribution >= 4 is 34.8 Å². The van der Waals surface area contributed by atoms with E-state index < -0.39 is 0 Å². The Morgan fingerprint density at radius 2 is 2.05 bits per heavy atom. The van der Waals surface area contributed by atoms with E-state index in [9.17, 15) is 4.79 Å². The van der Waals surface area contributed by atoms with E-state index in [2.05, 4.69) is 5.32 Å². The van der Waals surface area contributed by atoms with E-state index in [1.807, 2.05) is 13.0 Å². The molecule has 0 atom stereocenters. The molecule has 104 valence electrons. The van der Waals surface area contributed by atoms with Crippen molar-refractivity contribution < 1.29 is 4.79 Å². The van der Waals surface area contributed by atoms with Gasteiger partial charge in [0.2, 0.25) is 0 Å². The molecule has 5 heteroatoms. The number of halogens is 2. The molecule has 1 aliphatic carbocycles. The Hall–Kier alpha value is -1.71. The van der Waals surface area contributed by atoms with E-state index in [1.54, 1.807) is 30.4 Å². The topological polar surface area (TPSA) is 55.1 Å². The van der Waals surface area contributed by atoms with Crippen molar-refractivity contribution in [2.24, 2.45) is 5.73 Å². The minimum atomic E-state index is -0.193. The van der Waals surface area contributed by atoms with Gasteiger partial charge in [0.05, 0.1) is 5.03 Å². The Bertz CT molecular complexity index is 645. The van der Waals surface area contributed by atoms with E-state index in [0.29, 0.717) is 33.4 Å². The highest BCUT2D eigenvalue weighted by molar-refractivity contribution is 6.32. The first-order valence-corrected chi connectivity index (χ1v) is 6.83. The van der Waals surface area contributed by atoms with Gasteiger partial charge in [-0.1, -0.05) is 41.4 Å². The van der Waals surface area contributed by atoms with Gasteiger partial charge in [-0.2, -0.15) is 0 Å². The largest absolute Gasteiger partial charge is 0.398 e. The van der Waals surface area contributed by atoms with E-state index in [1.165, 1.54) is 0 Å². The van der Waals surface area contributed by atoms with Gasteiger partial charge in [0, 0.05) is 22.0 Å². The minimum absolute atomic E-state index is 0.193. The highest BCUT2D eigenvalue weighted by Gasteiger charge is 2.12. The number of nitrogens with one attached hydrogen (secondary N) is 1. The first-order chi connectivity index (χ1) is 9.47. The summed E-state index contributed by atoms with van der Waals surface area (Å²) in [5, 5.41) is 3.86. The van der Waals surface area contributed by atoms with Crippen LogP contribution < -0.4 is 11.1 Å². The number of carbonyl (C=O) groups is 1. The zero-order valence-corrected chi connectivity index (χ0v) is 12.4. The molecule has 0 aromatic heterocycles. The molecule has 1 aromatic rings. The number of hydrogen-bond donors (Lipinski definition) is 2. The molecule has 0 unspecified atom stereocenters. The fourth-order valence-electron chi connectivity index (χ4n) is 1.76. The molecule has 0 bridgehead atoms. The number of carbonyl (C=O) groups excluding carboxylic acids is 1. The van der Waals surface area contributed by atoms with Crippen LogP contribution in [-0.4, -0.2) is 5.91 Å². The van der Waals surface area contributed by atoms with Crippen LogP contribution in [0.1, 0.15) is 12.0 Å². The summed E-state index contributed by atoms with van der Waals surface area (Å²) in [4.78, 5) is 12.2. The Labute approximate surface area is 127 Å². The maximum absolute atomic E-state index is 12.2. The maximum Gasteiger partial charge on any atom is 0.251 e. The fourth-order valence-corrected chi connectivity index (χ4v) is 2.07. The number of aryl methyl sites for hydroxylation is 1. The average Bonchev–Trinajstić information content (AvgIpc) is 2.57. The smallest absolute Gasteiger partial charge is 0.251 e. The van der Waals surface area contributed by atoms with Crippen molar-refractivity contribution in [3.05, 3.63) is 63.3 Å². The van der Waals surface area contributed by atoms with Gasteiger partial charge in [0.1, 0.15) is 0 Å². The van der Waals surface area contributed by atoms with Gasteiger partial charge in [0.25, 0.3) is 5.91 Å². The molecule has 1 amide bonds. The molecule has 20 heavy (non-hydrogen) atoms. The maximum atomic E-state index is 12.2. The number of benzene rings is 1. The number of nitrogens with two attached hydrogens (primary N) is 1. The normalized spacial score (nSPS) is 14.8. The van der Waals surface area contributed by atoms with Gasteiger partial charge in [-0.25, -0.2) is 0 Å². The number of allylic oxidation sites excluding steroid dienone is 4. The summed E-state index contributed by atoms with van der Waals surface area (Å²) in [6.07, 6.45) is 5.46. The molecule has 0 heterocycles. The molecule has 3 N–H and O–H groups in total. The van der Waals surface area contributed by atoms with Crippen LogP contribution in [-0.2, 0) is 4.79 Å². The number of amides is 1. The number of anilines is 1. The summed E-state index contributed by atoms with van der Waals surface area (Å²) >= 11 is 11.9. The first-order valence-electron chi connectivity index (χ1n) is 6.07. The van der Waals surface area contributed by atoms with Crippen molar-refractivity contribution in [2.45, 2.75) is 13.3 Å². The van der Waals surface area contributed by atoms with E-state index >= 15 is 0 Å². The van der Waals surface area contributed by atoms with Gasteiger partial charge in [-0.15, -0.1) is 0 Å². The van der Waals surface area contributed by atoms with E-state index in [4.69, 9.17) is 28.9 Å². The summed E-state index contributed by atoms with van der Waals surface area (Å²) in [5.41, 5.74) is 8.42. The Morgan fingerprint density at radius 1 is 1.30 bits per heavy atom. The Morgan fingerprint density at radius 3 is 2.80 bits per heavy atom. The lowest BCUT2D eigenvalue weighted by Crippen LogP contribution is -2.14. The van der Waals surface area contributed by atoms with Crippen molar-refractivity contribution in [3.8, 4) is 0 Å². The van der Waals surface area contributed by atoms with Crippen LogP contribution in [0.15, 0.2) is 52.7 Å². The Balaban J connectivity index is 2.19. The second kappa shape index (κ2) is 6.16. The standard InChI is InChI=1S/C15H14Cl2N2O/c1-9-2-5-11(16)8-14(9)19-15(20)10-3-6-12(17)13(18)7-4-10/h2-3,5-8H,4,18H2,1H3,(H,19,20).